The second-order valence-electron chi connectivity index (χ2n) is 5.39. The quantitative estimate of drug-likeness (QED) is 0.794. The molecule has 1 amide bonds. The molecule has 0 N–H and O–H groups in total. The fourth-order valence-corrected chi connectivity index (χ4v) is 3.27. The lowest BCUT2D eigenvalue weighted by atomic mass is 10.0. The van der Waals surface area contributed by atoms with Crippen LogP contribution >= 0.6 is 11.6 Å². The lowest BCUT2D eigenvalue weighted by Gasteiger charge is -2.18. The van der Waals surface area contributed by atoms with Crippen LogP contribution in [0.15, 0.2) is 18.2 Å². The van der Waals surface area contributed by atoms with Crippen LogP contribution in [-0.4, -0.2) is 18.2 Å². The van der Waals surface area contributed by atoms with Gasteiger partial charge in [-0.3, -0.25) is 9.59 Å². The molecular weight excluding hydrogens is 262 g/mol. The Labute approximate surface area is 117 Å². The van der Waals surface area contributed by atoms with Crippen molar-refractivity contribution in [1.29, 1.82) is 0 Å². The summed E-state index contributed by atoms with van der Waals surface area (Å²) in [5, 5.41) is 0.562. The highest BCUT2D eigenvalue weighted by molar-refractivity contribution is 6.52. The van der Waals surface area contributed by atoms with E-state index < -0.39 is 11.7 Å². The molecule has 3 rings (SSSR count). The molecule has 0 unspecified atom stereocenters. The van der Waals surface area contributed by atoms with Gasteiger partial charge in [0, 0.05) is 11.6 Å². The van der Waals surface area contributed by atoms with Crippen LogP contribution in [-0.2, 0) is 4.79 Å². The first kappa shape index (κ1) is 12.7. The van der Waals surface area contributed by atoms with Gasteiger partial charge in [-0.2, -0.15) is 0 Å². The number of nitrogens with zero attached hydrogens (tertiary/aromatic N) is 1. The summed E-state index contributed by atoms with van der Waals surface area (Å²) in [5.41, 5.74) is 1.17. The predicted octanol–water partition coefficient (Wildman–Crippen LogP) is 3.45. The third-order valence-corrected chi connectivity index (χ3v) is 4.41. The van der Waals surface area contributed by atoms with Crippen molar-refractivity contribution in [3.05, 3.63) is 28.8 Å². The SMILES string of the molecule is O=C1C(=O)N(CCC2CCCC2)c2cc(Cl)ccc21. The minimum atomic E-state index is -0.407. The lowest BCUT2D eigenvalue weighted by Crippen LogP contribution is -2.31. The fraction of sp³-hybridized carbons (Fsp3) is 0.467. The van der Waals surface area contributed by atoms with Crippen LogP contribution in [0.3, 0.4) is 0 Å². The van der Waals surface area contributed by atoms with Crippen molar-refractivity contribution in [2.45, 2.75) is 32.1 Å². The molecule has 2 aliphatic rings. The highest BCUT2D eigenvalue weighted by Gasteiger charge is 2.35. The van der Waals surface area contributed by atoms with Gasteiger partial charge in [0.15, 0.2) is 0 Å². The number of rotatable bonds is 3. The van der Waals surface area contributed by atoms with Crippen molar-refractivity contribution in [2.75, 3.05) is 11.4 Å². The maximum atomic E-state index is 12.0. The number of hydrogen-bond donors (Lipinski definition) is 0. The number of carbonyl (C=O) groups excluding carboxylic acids is 2. The zero-order valence-electron chi connectivity index (χ0n) is 10.7. The van der Waals surface area contributed by atoms with E-state index in [-0.39, 0.29) is 0 Å². The number of carbonyl (C=O) groups is 2. The van der Waals surface area contributed by atoms with E-state index in [0.717, 1.165) is 6.42 Å². The molecule has 100 valence electrons. The minimum Gasteiger partial charge on any atom is -0.305 e. The monoisotopic (exact) mass is 277 g/mol. The Balaban J connectivity index is 1.79. The topological polar surface area (TPSA) is 37.4 Å². The number of benzene rings is 1. The smallest absolute Gasteiger partial charge is 0.299 e. The molecule has 1 aliphatic heterocycles. The number of halogens is 1. The van der Waals surface area contributed by atoms with Crippen LogP contribution < -0.4 is 4.90 Å². The summed E-state index contributed by atoms with van der Waals surface area (Å²) in [6.07, 6.45) is 6.06. The molecule has 0 aromatic heterocycles. The Morgan fingerprint density at radius 3 is 2.68 bits per heavy atom. The summed E-state index contributed by atoms with van der Waals surface area (Å²) in [6, 6.07) is 5.02. The molecule has 0 spiro atoms. The maximum absolute atomic E-state index is 12.0. The van der Waals surface area contributed by atoms with Gasteiger partial charge in [-0.25, -0.2) is 0 Å². The Morgan fingerprint density at radius 1 is 1.21 bits per heavy atom. The summed E-state index contributed by atoms with van der Waals surface area (Å²) in [4.78, 5) is 25.5. The predicted molar refractivity (Wildman–Crippen MR) is 74.7 cm³/mol. The van der Waals surface area contributed by atoms with Crippen LogP contribution in [0.5, 0.6) is 0 Å². The third kappa shape index (κ3) is 2.27. The van der Waals surface area contributed by atoms with Gasteiger partial charge in [0.25, 0.3) is 11.7 Å². The number of hydrogen-bond acceptors (Lipinski definition) is 2. The molecule has 1 aliphatic carbocycles. The largest absolute Gasteiger partial charge is 0.305 e. The van der Waals surface area contributed by atoms with Crippen LogP contribution in [0.1, 0.15) is 42.5 Å². The van der Waals surface area contributed by atoms with E-state index in [2.05, 4.69) is 0 Å². The van der Waals surface area contributed by atoms with Gasteiger partial charge in [-0.15, -0.1) is 0 Å². The first-order chi connectivity index (χ1) is 9.16. The van der Waals surface area contributed by atoms with Crippen molar-refractivity contribution in [3.63, 3.8) is 0 Å². The Kier molecular flexibility index (Phi) is 3.31. The standard InChI is InChI=1S/C15H16ClNO2/c16-11-5-6-12-13(9-11)17(15(19)14(12)18)8-7-10-3-1-2-4-10/h5-6,9-10H,1-4,7-8H2. The van der Waals surface area contributed by atoms with Gasteiger partial charge in [0.1, 0.15) is 0 Å². The number of fused-ring (bicyclic) bond motifs is 1. The minimum absolute atomic E-state index is 0.405. The fourth-order valence-electron chi connectivity index (χ4n) is 3.10. The summed E-state index contributed by atoms with van der Waals surface area (Å²) in [5.74, 6) is -0.112. The van der Waals surface area contributed by atoms with E-state index in [1.807, 2.05) is 0 Å². The molecule has 1 aromatic rings. The van der Waals surface area contributed by atoms with E-state index in [1.165, 1.54) is 25.7 Å². The van der Waals surface area contributed by atoms with Crippen molar-refractivity contribution in [2.24, 2.45) is 5.92 Å². The lowest BCUT2D eigenvalue weighted by molar-refractivity contribution is -0.114. The highest BCUT2D eigenvalue weighted by Crippen LogP contribution is 2.33. The van der Waals surface area contributed by atoms with E-state index in [1.54, 1.807) is 23.1 Å². The molecule has 3 nitrogen and oxygen atoms in total. The van der Waals surface area contributed by atoms with E-state index in [4.69, 9.17) is 11.6 Å². The van der Waals surface area contributed by atoms with Gasteiger partial charge in [0.05, 0.1) is 11.3 Å². The number of Topliss-reactive ketones (excluding diaryl/α,β-unsaturated/α-hetero) is 1. The normalized spacial score (nSPS) is 19.3. The molecule has 1 saturated carbocycles. The van der Waals surface area contributed by atoms with Crippen molar-refractivity contribution < 1.29 is 9.59 Å². The number of anilines is 1. The first-order valence-corrected chi connectivity index (χ1v) is 7.20. The molecule has 0 saturated heterocycles. The van der Waals surface area contributed by atoms with Gasteiger partial charge in [-0.05, 0) is 30.5 Å². The summed E-state index contributed by atoms with van der Waals surface area (Å²) in [7, 11) is 0. The third-order valence-electron chi connectivity index (χ3n) is 4.17. The molecule has 1 aromatic carbocycles. The second kappa shape index (κ2) is 4.97. The van der Waals surface area contributed by atoms with Crippen LogP contribution in [0, 0.1) is 5.92 Å². The van der Waals surface area contributed by atoms with Crippen LogP contribution in [0.4, 0.5) is 5.69 Å². The molecule has 4 heteroatoms. The molecule has 1 heterocycles. The zero-order valence-corrected chi connectivity index (χ0v) is 11.4. The Morgan fingerprint density at radius 2 is 1.95 bits per heavy atom. The van der Waals surface area contributed by atoms with Crippen LogP contribution in [0.2, 0.25) is 5.02 Å². The molecule has 0 bridgehead atoms. The van der Waals surface area contributed by atoms with Crippen molar-refractivity contribution in [1.82, 2.24) is 0 Å². The van der Waals surface area contributed by atoms with Gasteiger partial charge in [0.2, 0.25) is 0 Å². The Hall–Kier alpha value is -1.35. The molecule has 0 atom stereocenters. The zero-order chi connectivity index (χ0) is 13.4. The average molecular weight is 278 g/mol. The summed E-state index contributed by atoms with van der Waals surface area (Å²) >= 11 is 5.96. The molecule has 1 fully saturated rings. The Bertz CT molecular complexity index is 535. The van der Waals surface area contributed by atoms with E-state index >= 15 is 0 Å². The number of amides is 1. The molecule has 0 radical (unpaired) electrons. The van der Waals surface area contributed by atoms with Crippen LogP contribution in [0.25, 0.3) is 0 Å². The van der Waals surface area contributed by atoms with E-state index in [0.29, 0.717) is 28.7 Å². The number of ketones is 1. The first-order valence-electron chi connectivity index (χ1n) is 6.82. The van der Waals surface area contributed by atoms with E-state index in [9.17, 15) is 9.59 Å². The maximum Gasteiger partial charge on any atom is 0.299 e. The summed E-state index contributed by atoms with van der Waals surface area (Å²) < 4.78 is 0. The van der Waals surface area contributed by atoms with Gasteiger partial charge >= 0.3 is 0 Å². The molecular formula is C15H16ClNO2. The van der Waals surface area contributed by atoms with Gasteiger partial charge < -0.3 is 4.90 Å². The average Bonchev–Trinajstić information content (AvgIpc) is 2.98. The van der Waals surface area contributed by atoms with Gasteiger partial charge in [-0.1, -0.05) is 37.3 Å². The van der Waals surface area contributed by atoms with Crippen molar-refractivity contribution in [3.8, 4) is 0 Å². The second-order valence-corrected chi connectivity index (χ2v) is 5.82. The van der Waals surface area contributed by atoms with Crippen molar-refractivity contribution >= 4 is 29.0 Å². The molecule has 19 heavy (non-hydrogen) atoms. The summed E-state index contributed by atoms with van der Waals surface area (Å²) in [6.45, 7) is 0.628. The highest BCUT2D eigenvalue weighted by atomic mass is 35.5.